The molecular weight excluding hydrogens is 430 g/mol. The minimum Gasteiger partial charge on any atom is -0.368 e. The monoisotopic (exact) mass is 455 g/mol. The zero-order valence-corrected chi connectivity index (χ0v) is 19.1. The van der Waals surface area contributed by atoms with E-state index in [1.807, 2.05) is 42.7 Å². The van der Waals surface area contributed by atoms with E-state index >= 15 is 0 Å². The maximum absolute atomic E-state index is 13.1. The van der Waals surface area contributed by atoms with Gasteiger partial charge in [-0.3, -0.25) is 14.9 Å². The summed E-state index contributed by atoms with van der Waals surface area (Å²) in [4.78, 5) is 27.8. The third-order valence-electron chi connectivity index (χ3n) is 6.11. The molecule has 2 aromatic carbocycles. The van der Waals surface area contributed by atoms with Gasteiger partial charge in [-0.25, -0.2) is 0 Å². The lowest BCUT2D eigenvalue weighted by molar-refractivity contribution is -0.384. The molecule has 0 radical (unpaired) electrons. The number of carbonyl (C=O) groups excluding carboxylic acids is 1. The Kier molecular flexibility index (Phi) is 6.46. The van der Waals surface area contributed by atoms with Crippen LogP contribution in [0.25, 0.3) is 11.8 Å². The summed E-state index contributed by atoms with van der Waals surface area (Å²) in [7, 11) is 0. The van der Waals surface area contributed by atoms with Crippen LogP contribution in [0.2, 0.25) is 0 Å². The van der Waals surface area contributed by atoms with Crippen molar-refractivity contribution < 1.29 is 9.72 Å². The van der Waals surface area contributed by atoms with Gasteiger partial charge in [-0.1, -0.05) is 24.3 Å². The summed E-state index contributed by atoms with van der Waals surface area (Å²) < 4.78 is 1.89. The highest BCUT2D eigenvalue weighted by atomic mass is 16.6. The van der Waals surface area contributed by atoms with Crippen LogP contribution in [-0.2, 0) is 4.79 Å². The molecule has 0 bridgehead atoms. The fourth-order valence-corrected chi connectivity index (χ4v) is 4.35. The normalized spacial score (nSPS) is 14.1. The molecule has 1 saturated heterocycles. The van der Waals surface area contributed by atoms with Gasteiger partial charge < -0.3 is 14.4 Å². The zero-order valence-electron chi connectivity index (χ0n) is 19.1. The Morgan fingerprint density at radius 1 is 1.00 bits per heavy atom. The average Bonchev–Trinajstić information content (AvgIpc) is 3.15. The van der Waals surface area contributed by atoms with Crippen LogP contribution in [-0.4, -0.2) is 46.5 Å². The predicted molar refractivity (Wildman–Crippen MR) is 131 cm³/mol. The van der Waals surface area contributed by atoms with Crippen molar-refractivity contribution in [1.82, 2.24) is 9.47 Å². The summed E-state index contributed by atoms with van der Waals surface area (Å²) in [6.45, 7) is 6.25. The molecule has 3 aromatic rings. The molecule has 1 fully saturated rings. The molecule has 0 unspecified atom stereocenters. The van der Waals surface area contributed by atoms with E-state index < -0.39 is 4.92 Å². The van der Waals surface area contributed by atoms with E-state index in [9.17, 15) is 20.2 Å². The van der Waals surface area contributed by atoms with E-state index in [0.29, 0.717) is 31.9 Å². The number of amides is 1. The lowest BCUT2D eigenvalue weighted by Crippen LogP contribution is -2.49. The Balaban J connectivity index is 1.55. The molecule has 1 aliphatic heterocycles. The lowest BCUT2D eigenvalue weighted by Gasteiger charge is -2.36. The standard InChI is InChI=1S/C26H25N5O3/c1-19-15-21(20(2)30(19)24-9-6-10-25(17-24)31(33)34)16-22(18-27)26(32)29-13-11-28(12-14-29)23-7-4-3-5-8-23/h3-10,15-17H,11-14H2,1-2H3/b22-16-. The molecule has 4 rings (SSSR count). The van der Waals surface area contributed by atoms with Gasteiger partial charge in [0.1, 0.15) is 11.6 Å². The lowest BCUT2D eigenvalue weighted by atomic mass is 10.1. The molecule has 0 aliphatic carbocycles. The highest BCUT2D eigenvalue weighted by molar-refractivity contribution is 6.02. The minimum absolute atomic E-state index is 0.00429. The van der Waals surface area contributed by atoms with Gasteiger partial charge in [0.2, 0.25) is 0 Å². The molecule has 34 heavy (non-hydrogen) atoms. The van der Waals surface area contributed by atoms with Crippen molar-refractivity contribution in [3.05, 3.63) is 93.3 Å². The van der Waals surface area contributed by atoms with Gasteiger partial charge in [0, 0.05) is 55.4 Å². The summed E-state index contributed by atoms with van der Waals surface area (Å²) in [5, 5.41) is 20.9. The molecule has 0 saturated carbocycles. The first-order chi connectivity index (χ1) is 16.4. The Morgan fingerprint density at radius 2 is 1.68 bits per heavy atom. The molecule has 0 atom stereocenters. The van der Waals surface area contributed by atoms with Crippen LogP contribution in [0.5, 0.6) is 0 Å². The van der Waals surface area contributed by atoms with Gasteiger partial charge >= 0.3 is 0 Å². The number of para-hydroxylation sites is 1. The fraction of sp³-hybridized carbons (Fsp3) is 0.231. The van der Waals surface area contributed by atoms with E-state index in [4.69, 9.17) is 0 Å². The number of nitriles is 1. The summed E-state index contributed by atoms with van der Waals surface area (Å²) in [5.41, 5.74) is 4.25. The van der Waals surface area contributed by atoms with Crippen molar-refractivity contribution in [2.24, 2.45) is 0 Å². The summed E-state index contributed by atoms with van der Waals surface area (Å²) >= 11 is 0. The quantitative estimate of drug-likeness (QED) is 0.248. The highest BCUT2D eigenvalue weighted by Gasteiger charge is 2.24. The molecule has 1 aromatic heterocycles. The number of nitro benzene ring substituents is 1. The molecule has 0 N–H and O–H groups in total. The minimum atomic E-state index is -0.428. The first-order valence-electron chi connectivity index (χ1n) is 11.0. The number of benzene rings is 2. The topological polar surface area (TPSA) is 95.4 Å². The largest absolute Gasteiger partial charge is 0.368 e. The second-order valence-corrected chi connectivity index (χ2v) is 8.22. The third-order valence-corrected chi connectivity index (χ3v) is 6.11. The molecule has 0 spiro atoms. The van der Waals surface area contributed by atoms with Crippen LogP contribution >= 0.6 is 0 Å². The first-order valence-corrected chi connectivity index (χ1v) is 11.0. The summed E-state index contributed by atoms with van der Waals surface area (Å²) in [6.07, 6.45) is 1.61. The zero-order chi connectivity index (χ0) is 24.2. The second-order valence-electron chi connectivity index (χ2n) is 8.22. The van der Waals surface area contributed by atoms with Crippen LogP contribution in [0.3, 0.4) is 0 Å². The average molecular weight is 456 g/mol. The molecule has 2 heterocycles. The maximum atomic E-state index is 13.1. The molecule has 1 aliphatic rings. The SMILES string of the molecule is Cc1cc(/C=C(/C#N)C(=O)N2CCN(c3ccccc3)CC2)c(C)n1-c1cccc([N+](=O)[O-])c1. The number of hydrogen-bond acceptors (Lipinski definition) is 5. The van der Waals surface area contributed by atoms with Crippen molar-refractivity contribution >= 4 is 23.4 Å². The number of piperazine rings is 1. The van der Waals surface area contributed by atoms with Crippen molar-refractivity contribution in [3.63, 3.8) is 0 Å². The van der Waals surface area contributed by atoms with E-state index in [1.54, 1.807) is 23.1 Å². The fourth-order valence-electron chi connectivity index (χ4n) is 4.35. The van der Waals surface area contributed by atoms with Crippen LogP contribution in [0, 0.1) is 35.3 Å². The van der Waals surface area contributed by atoms with E-state index in [1.165, 1.54) is 12.1 Å². The Bertz CT molecular complexity index is 1300. The van der Waals surface area contributed by atoms with E-state index in [0.717, 1.165) is 22.6 Å². The predicted octanol–water partition coefficient (Wildman–Crippen LogP) is 4.26. The molecular formula is C26H25N5O3. The number of nitrogens with zero attached hydrogens (tertiary/aromatic N) is 5. The number of anilines is 1. The molecule has 172 valence electrons. The van der Waals surface area contributed by atoms with Crippen LogP contribution in [0.15, 0.2) is 66.2 Å². The smallest absolute Gasteiger partial charge is 0.271 e. The number of non-ortho nitro benzene ring substituents is 1. The first kappa shape index (κ1) is 22.8. The molecule has 8 nitrogen and oxygen atoms in total. The number of rotatable bonds is 5. The Labute approximate surface area is 198 Å². The Morgan fingerprint density at radius 3 is 2.32 bits per heavy atom. The summed E-state index contributed by atoms with van der Waals surface area (Å²) in [6, 6.07) is 20.4. The number of carbonyl (C=O) groups is 1. The van der Waals surface area contributed by atoms with Gasteiger partial charge in [0.05, 0.1) is 10.6 Å². The van der Waals surface area contributed by atoms with E-state index in [-0.39, 0.29) is 17.2 Å². The van der Waals surface area contributed by atoms with Gasteiger partial charge in [-0.2, -0.15) is 5.26 Å². The number of aromatic nitrogens is 1. The van der Waals surface area contributed by atoms with Gasteiger partial charge in [-0.05, 0) is 49.8 Å². The van der Waals surface area contributed by atoms with Gasteiger partial charge in [-0.15, -0.1) is 0 Å². The van der Waals surface area contributed by atoms with Crippen molar-refractivity contribution in [2.45, 2.75) is 13.8 Å². The van der Waals surface area contributed by atoms with Crippen molar-refractivity contribution in [2.75, 3.05) is 31.1 Å². The highest BCUT2D eigenvalue weighted by Crippen LogP contribution is 2.26. The molecule has 8 heteroatoms. The van der Waals surface area contributed by atoms with Crippen molar-refractivity contribution in [3.8, 4) is 11.8 Å². The molecule has 1 amide bonds. The third kappa shape index (κ3) is 4.55. The van der Waals surface area contributed by atoms with Gasteiger partial charge in [0.15, 0.2) is 0 Å². The number of nitro groups is 1. The van der Waals surface area contributed by atoms with Crippen LogP contribution < -0.4 is 4.90 Å². The van der Waals surface area contributed by atoms with Crippen LogP contribution in [0.4, 0.5) is 11.4 Å². The second kappa shape index (κ2) is 9.63. The summed E-state index contributed by atoms with van der Waals surface area (Å²) in [5.74, 6) is -0.282. The van der Waals surface area contributed by atoms with Crippen molar-refractivity contribution in [1.29, 1.82) is 5.26 Å². The Hall–Kier alpha value is -4.38. The van der Waals surface area contributed by atoms with Crippen LogP contribution in [0.1, 0.15) is 17.0 Å². The van der Waals surface area contributed by atoms with Gasteiger partial charge in [0.25, 0.3) is 11.6 Å². The van der Waals surface area contributed by atoms with E-state index in [2.05, 4.69) is 23.1 Å². The maximum Gasteiger partial charge on any atom is 0.271 e. The number of hydrogen-bond donors (Lipinski definition) is 0. The number of aryl methyl sites for hydroxylation is 1.